The monoisotopic (exact) mass is 269 g/mol. The van der Waals surface area contributed by atoms with Crippen molar-refractivity contribution in [3.05, 3.63) is 65.0 Å². The van der Waals surface area contributed by atoms with Gasteiger partial charge >= 0.3 is 0 Å². The van der Waals surface area contributed by atoms with Crippen molar-refractivity contribution in [3.8, 4) is 0 Å². The molecule has 2 aromatic carbocycles. The standard InChI is InChI=1S/C18H20FN/c1-13-9-16(19)11-17(10-13)20-12-15-7-4-6-14-5-2-3-8-18(14)15/h2-3,5,8-11,15,20H,4,6-7,12H2,1H3. The first-order valence-electron chi connectivity index (χ1n) is 7.31. The highest BCUT2D eigenvalue weighted by molar-refractivity contribution is 5.47. The van der Waals surface area contributed by atoms with Gasteiger partial charge < -0.3 is 5.32 Å². The molecular formula is C18H20FN. The van der Waals surface area contributed by atoms with Crippen LogP contribution in [0.1, 0.15) is 35.4 Å². The molecule has 1 aliphatic carbocycles. The molecule has 0 fully saturated rings. The summed E-state index contributed by atoms with van der Waals surface area (Å²) in [4.78, 5) is 0. The van der Waals surface area contributed by atoms with Gasteiger partial charge in [0.15, 0.2) is 0 Å². The Morgan fingerprint density at radius 3 is 2.90 bits per heavy atom. The van der Waals surface area contributed by atoms with Crippen molar-refractivity contribution in [2.24, 2.45) is 0 Å². The first kappa shape index (κ1) is 13.2. The van der Waals surface area contributed by atoms with Gasteiger partial charge in [-0.1, -0.05) is 24.3 Å². The van der Waals surface area contributed by atoms with E-state index in [-0.39, 0.29) is 5.82 Å². The van der Waals surface area contributed by atoms with Crippen molar-refractivity contribution in [3.63, 3.8) is 0 Å². The number of anilines is 1. The van der Waals surface area contributed by atoms with Gasteiger partial charge in [-0.3, -0.25) is 0 Å². The van der Waals surface area contributed by atoms with Gasteiger partial charge in [-0.05, 0) is 61.1 Å². The molecule has 104 valence electrons. The smallest absolute Gasteiger partial charge is 0.125 e. The maximum Gasteiger partial charge on any atom is 0.125 e. The lowest BCUT2D eigenvalue weighted by molar-refractivity contribution is 0.571. The summed E-state index contributed by atoms with van der Waals surface area (Å²) in [6.07, 6.45) is 3.63. The fraction of sp³-hybridized carbons (Fsp3) is 0.333. The SMILES string of the molecule is Cc1cc(F)cc(NCC2CCCc3ccccc32)c1. The third-order valence-electron chi connectivity index (χ3n) is 4.09. The van der Waals surface area contributed by atoms with Crippen LogP contribution in [0.25, 0.3) is 0 Å². The fourth-order valence-corrected chi connectivity index (χ4v) is 3.15. The average molecular weight is 269 g/mol. The lowest BCUT2D eigenvalue weighted by atomic mass is 9.83. The van der Waals surface area contributed by atoms with Crippen LogP contribution in [0.15, 0.2) is 42.5 Å². The van der Waals surface area contributed by atoms with Crippen LogP contribution in [0.2, 0.25) is 0 Å². The highest BCUT2D eigenvalue weighted by Crippen LogP contribution is 2.31. The molecule has 0 bridgehead atoms. The van der Waals surface area contributed by atoms with E-state index >= 15 is 0 Å². The predicted octanol–water partition coefficient (Wildman–Crippen LogP) is 4.67. The Bertz CT molecular complexity index is 586. The van der Waals surface area contributed by atoms with E-state index in [0.717, 1.165) is 17.8 Å². The third kappa shape index (κ3) is 2.84. The third-order valence-corrected chi connectivity index (χ3v) is 4.09. The zero-order valence-electron chi connectivity index (χ0n) is 11.8. The summed E-state index contributed by atoms with van der Waals surface area (Å²) in [6, 6.07) is 13.8. The average Bonchev–Trinajstić information content (AvgIpc) is 2.44. The Balaban J connectivity index is 1.73. The molecule has 0 saturated carbocycles. The maximum absolute atomic E-state index is 13.4. The molecule has 0 aromatic heterocycles. The Morgan fingerprint density at radius 1 is 1.20 bits per heavy atom. The number of rotatable bonds is 3. The Labute approximate surface area is 119 Å². The van der Waals surface area contributed by atoms with Crippen LogP contribution in [0.3, 0.4) is 0 Å². The van der Waals surface area contributed by atoms with Crippen molar-refractivity contribution in [1.82, 2.24) is 0 Å². The molecule has 3 rings (SSSR count). The van der Waals surface area contributed by atoms with Gasteiger partial charge in [0, 0.05) is 18.2 Å². The van der Waals surface area contributed by atoms with Crippen LogP contribution in [0.4, 0.5) is 10.1 Å². The molecule has 0 amide bonds. The number of fused-ring (bicyclic) bond motifs is 1. The Kier molecular flexibility index (Phi) is 3.72. The summed E-state index contributed by atoms with van der Waals surface area (Å²) in [5.41, 5.74) is 4.77. The minimum Gasteiger partial charge on any atom is -0.384 e. The van der Waals surface area contributed by atoms with E-state index in [1.165, 1.54) is 30.4 Å². The van der Waals surface area contributed by atoms with Gasteiger partial charge in [0.1, 0.15) is 5.82 Å². The van der Waals surface area contributed by atoms with Crippen molar-refractivity contribution < 1.29 is 4.39 Å². The van der Waals surface area contributed by atoms with Crippen molar-refractivity contribution >= 4 is 5.69 Å². The lowest BCUT2D eigenvalue weighted by Gasteiger charge is -2.26. The minimum absolute atomic E-state index is 0.170. The second-order valence-corrected chi connectivity index (χ2v) is 5.69. The van der Waals surface area contributed by atoms with E-state index in [4.69, 9.17) is 0 Å². The lowest BCUT2D eigenvalue weighted by Crippen LogP contribution is -2.18. The molecule has 1 aliphatic rings. The summed E-state index contributed by atoms with van der Waals surface area (Å²) >= 11 is 0. The molecule has 1 N–H and O–H groups in total. The van der Waals surface area contributed by atoms with Crippen LogP contribution in [0.5, 0.6) is 0 Å². The van der Waals surface area contributed by atoms with Crippen molar-refractivity contribution in [2.45, 2.75) is 32.1 Å². The maximum atomic E-state index is 13.4. The van der Waals surface area contributed by atoms with Crippen LogP contribution >= 0.6 is 0 Å². The largest absolute Gasteiger partial charge is 0.384 e. The molecule has 20 heavy (non-hydrogen) atoms. The molecule has 2 heteroatoms. The molecule has 1 atom stereocenters. The molecule has 1 nitrogen and oxygen atoms in total. The molecular weight excluding hydrogens is 249 g/mol. The first-order chi connectivity index (χ1) is 9.72. The summed E-state index contributed by atoms with van der Waals surface area (Å²) in [5.74, 6) is 0.361. The van der Waals surface area contributed by atoms with Gasteiger partial charge in [-0.25, -0.2) is 4.39 Å². The summed E-state index contributed by atoms with van der Waals surface area (Å²) in [6.45, 7) is 2.80. The van der Waals surface area contributed by atoms with Gasteiger partial charge in [0.2, 0.25) is 0 Å². The summed E-state index contributed by atoms with van der Waals surface area (Å²) in [7, 11) is 0. The van der Waals surface area contributed by atoms with E-state index < -0.39 is 0 Å². The normalized spacial score (nSPS) is 17.6. The van der Waals surface area contributed by atoms with E-state index in [0.29, 0.717) is 5.92 Å². The van der Waals surface area contributed by atoms with E-state index in [9.17, 15) is 4.39 Å². The molecule has 1 unspecified atom stereocenters. The molecule has 2 aromatic rings. The number of aryl methyl sites for hydroxylation is 2. The minimum atomic E-state index is -0.170. The van der Waals surface area contributed by atoms with Crippen LogP contribution < -0.4 is 5.32 Å². The van der Waals surface area contributed by atoms with E-state index in [1.54, 1.807) is 12.1 Å². The Morgan fingerprint density at radius 2 is 2.05 bits per heavy atom. The van der Waals surface area contributed by atoms with Crippen LogP contribution in [-0.2, 0) is 6.42 Å². The van der Waals surface area contributed by atoms with Crippen molar-refractivity contribution in [2.75, 3.05) is 11.9 Å². The fourth-order valence-electron chi connectivity index (χ4n) is 3.15. The Hall–Kier alpha value is -1.83. The van der Waals surface area contributed by atoms with E-state index in [2.05, 4.69) is 29.6 Å². The molecule has 0 saturated heterocycles. The zero-order valence-corrected chi connectivity index (χ0v) is 11.8. The van der Waals surface area contributed by atoms with Gasteiger partial charge in [0.05, 0.1) is 0 Å². The molecule has 0 aliphatic heterocycles. The number of benzene rings is 2. The summed E-state index contributed by atoms with van der Waals surface area (Å²) < 4.78 is 13.4. The molecule has 0 radical (unpaired) electrons. The number of halogens is 1. The number of hydrogen-bond acceptors (Lipinski definition) is 1. The quantitative estimate of drug-likeness (QED) is 0.854. The van der Waals surface area contributed by atoms with E-state index in [1.807, 2.05) is 13.0 Å². The number of nitrogens with one attached hydrogen (secondary N) is 1. The molecule has 0 heterocycles. The number of hydrogen-bond donors (Lipinski definition) is 1. The predicted molar refractivity (Wildman–Crippen MR) is 81.7 cm³/mol. The first-order valence-corrected chi connectivity index (χ1v) is 7.31. The zero-order chi connectivity index (χ0) is 13.9. The second kappa shape index (κ2) is 5.66. The summed E-state index contributed by atoms with van der Waals surface area (Å²) in [5, 5.41) is 3.40. The van der Waals surface area contributed by atoms with Crippen LogP contribution in [0, 0.1) is 12.7 Å². The van der Waals surface area contributed by atoms with Gasteiger partial charge in [0.25, 0.3) is 0 Å². The van der Waals surface area contributed by atoms with Gasteiger partial charge in [-0.2, -0.15) is 0 Å². The van der Waals surface area contributed by atoms with Crippen LogP contribution in [-0.4, -0.2) is 6.54 Å². The van der Waals surface area contributed by atoms with Crippen molar-refractivity contribution in [1.29, 1.82) is 0 Å². The second-order valence-electron chi connectivity index (χ2n) is 5.69. The topological polar surface area (TPSA) is 12.0 Å². The highest BCUT2D eigenvalue weighted by Gasteiger charge is 2.19. The highest BCUT2D eigenvalue weighted by atomic mass is 19.1. The van der Waals surface area contributed by atoms with Gasteiger partial charge in [-0.15, -0.1) is 0 Å². The molecule has 0 spiro atoms.